The first-order valence-corrected chi connectivity index (χ1v) is 8.83. The summed E-state index contributed by atoms with van der Waals surface area (Å²) >= 11 is 0. The highest BCUT2D eigenvalue weighted by Crippen LogP contribution is 2.19. The molecule has 0 bridgehead atoms. The molecule has 3 amide bonds. The Kier molecular flexibility index (Phi) is 6.71. The van der Waals surface area contributed by atoms with Gasteiger partial charge in [0.15, 0.2) is 0 Å². The molecule has 0 radical (unpaired) electrons. The number of rotatable bonds is 6. The molecule has 0 fully saturated rings. The van der Waals surface area contributed by atoms with Crippen LogP contribution >= 0.6 is 0 Å². The Morgan fingerprint density at radius 3 is 2.19 bits per heavy atom. The molecule has 0 unspecified atom stereocenters. The average Bonchev–Trinajstić information content (AvgIpc) is 2.64. The van der Waals surface area contributed by atoms with Crippen LogP contribution in [0.25, 0.3) is 0 Å². The topological polar surface area (TPSA) is 78.5 Å². The van der Waals surface area contributed by atoms with Crippen molar-refractivity contribution in [1.29, 1.82) is 0 Å². The lowest BCUT2D eigenvalue weighted by atomic mass is 10.1. The van der Waals surface area contributed by atoms with E-state index in [1.54, 1.807) is 38.2 Å². The Morgan fingerprint density at radius 2 is 1.56 bits per heavy atom. The van der Waals surface area contributed by atoms with E-state index >= 15 is 0 Å². The van der Waals surface area contributed by atoms with E-state index in [4.69, 9.17) is 0 Å². The zero-order chi connectivity index (χ0) is 20.0. The summed E-state index contributed by atoms with van der Waals surface area (Å²) in [5.74, 6) is -0.682. The van der Waals surface area contributed by atoms with Crippen molar-refractivity contribution in [3.63, 3.8) is 0 Å². The number of likely N-dealkylation sites (N-methyl/N-ethyl adjacent to an activating group) is 1. The first-order chi connectivity index (χ1) is 12.8. The summed E-state index contributed by atoms with van der Waals surface area (Å²) in [6.07, 6.45) is 0.358. The number of nitrogens with zero attached hydrogens (tertiary/aromatic N) is 1. The molecule has 0 saturated heterocycles. The van der Waals surface area contributed by atoms with Gasteiger partial charge in [-0.15, -0.1) is 0 Å². The number of carbonyl (C=O) groups is 3. The van der Waals surface area contributed by atoms with Gasteiger partial charge < -0.3 is 15.5 Å². The number of carbonyl (C=O) groups excluding carboxylic acids is 3. The van der Waals surface area contributed by atoms with Gasteiger partial charge in [0.1, 0.15) is 0 Å². The minimum Gasteiger partial charge on any atom is -0.332 e. The minimum absolute atomic E-state index is 0.0713. The number of hydrogen-bond acceptors (Lipinski definition) is 3. The van der Waals surface area contributed by atoms with Crippen LogP contribution in [0.15, 0.2) is 42.5 Å². The standard InChI is InChI=1S/C21H25N3O3/c1-5-18(25)22-17-11-7-10-16(12-17)21(27)24(4)13-19(26)23-20-14(2)8-6-9-15(20)3/h6-12H,5,13H2,1-4H3,(H,22,25)(H,23,26). The lowest BCUT2D eigenvalue weighted by molar-refractivity contribution is -0.117. The number of benzene rings is 2. The molecular formula is C21H25N3O3. The van der Waals surface area contributed by atoms with Gasteiger partial charge in [0.2, 0.25) is 11.8 Å². The molecule has 0 saturated carbocycles. The first kappa shape index (κ1) is 20.2. The summed E-state index contributed by atoms with van der Waals surface area (Å²) in [6, 6.07) is 12.5. The molecule has 0 atom stereocenters. The van der Waals surface area contributed by atoms with Crippen LogP contribution in [0.5, 0.6) is 0 Å². The van der Waals surface area contributed by atoms with E-state index in [0.29, 0.717) is 17.7 Å². The maximum absolute atomic E-state index is 12.6. The van der Waals surface area contributed by atoms with Gasteiger partial charge in [0.05, 0.1) is 6.54 Å². The summed E-state index contributed by atoms with van der Waals surface area (Å²) in [4.78, 5) is 37.8. The van der Waals surface area contributed by atoms with E-state index < -0.39 is 0 Å². The number of hydrogen-bond donors (Lipinski definition) is 2. The van der Waals surface area contributed by atoms with Crippen molar-refractivity contribution >= 4 is 29.1 Å². The van der Waals surface area contributed by atoms with Crippen molar-refractivity contribution in [2.45, 2.75) is 27.2 Å². The Labute approximate surface area is 159 Å². The lowest BCUT2D eigenvalue weighted by Crippen LogP contribution is -2.35. The Bertz CT molecular complexity index is 841. The van der Waals surface area contributed by atoms with Gasteiger partial charge in [-0.2, -0.15) is 0 Å². The van der Waals surface area contributed by atoms with Crippen LogP contribution in [0.4, 0.5) is 11.4 Å². The first-order valence-electron chi connectivity index (χ1n) is 8.83. The highest BCUT2D eigenvalue weighted by molar-refractivity contribution is 6.00. The monoisotopic (exact) mass is 367 g/mol. The highest BCUT2D eigenvalue weighted by atomic mass is 16.2. The zero-order valence-electron chi connectivity index (χ0n) is 16.1. The summed E-state index contributed by atoms with van der Waals surface area (Å²) in [5.41, 5.74) is 3.67. The largest absolute Gasteiger partial charge is 0.332 e. The van der Waals surface area contributed by atoms with Crippen molar-refractivity contribution in [3.8, 4) is 0 Å². The van der Waals surface area contributed by atoms with Gasteiger partial charge in [-0.1, -0.05) is 31.2 Å². The summed E-state index contributed by atoms with van der Waals surface area (Å²) < 4.78 is 0. The molecule has 0 aromatic heterocycles. The molecule has 0 aliphatic rings. The molecule has 6 nitrogen and oxygen atoms in total. The number of para-hydroxylation sites is 1. The number of anilines is 2. The highest BCUT2D eigenvalue weighted by Gasteiger charge is 2.16. The molecule has 2 aromatic carbocycles. The quantitative estimate of drug-likeness (QED) is 0.822. The molecule has 142 valence electrons. The van der Waals surface area contributed by atoms with Gasteiger partial charge >= 0.3 is 0 Å². The summed E-state index contributed by atoms with van der Waals surface area (Å²) in [7, 11) is 1.57. The van der Waals surface area contributed by atoms with E-state index in [-0.39, 0.29) is 24.3 Å². The Morgan fingerprint density at radius 1 is 0.926 bits per heavy atom. The number of nitrogens with one attached hydrogen (secondary N) is 2. The van der Waals surface area contributed by atoms with Crippen LogP contribution in [0.1, 0.15) is 34.8 Å². The molecule has 27 heavy (non-hydrogen) atoms. The second kappa shape index (κ2) is 8.98. The minimum atomic E-state index is -0.292. The predicted molar refractivity (Wildman–Crippen MR) is 107 cm³/mol. The van der Waals surface area contributed by atoms with Crippen LogP contribution in [-0.2, 0) is 9.59 Å². The summed E-state index contributed by atoms with van der Waals surface area (Å²) in [5, 5.41) is 5.59. The Balaban J connectivity index is 2.04. The fourth-order valence-electron chi connectivity index (χ4n) is 2.68. The third-order valence-electron chi connectivity index (χ3n) is 4.19. The van der Waals surface area contributed by atoms with Crippen molar-refractivity contribution in [1.82, 2.24) is 4.90 Å². The molecular weight excluding hydrogens is 342 g/mol. The third-order valence-corrected chi connectivity index (χ3v) is 4.19. The fourth-order valence-corrected chi connectivity index (χ4v) is 2.68. The van der Waals surface area contributed by atoms with Crippen molar-refractivity contribution < 1.29 is 14.4 Å². The number of aryl methyl sites for hydroxylation is 2. The normalized spacial score (nSPS) is 10.2. The van der Waals surface area contributed by atoms with E-state index in [9.17, 15) is 14.4 Å². The molecule has 0 aliphatic heterocycles. The van der Waals surface area contributed by atoms with Gasteiger partial charge in [0, 0.05) is 30.4 Å². The lowest BCUT2D eigenvalue weighted by Gasteiger charge is -2.18. The molecule has 0 heterocycles. The maximum Gasteiger partial charge on any atom is 0.254 e. The van der Waals surface area contributed by atoms with Crippen LogP contribution in [0.2, 0.25) is 0 Å². The van der Waals surface area contributed by atoms with Crippen molar-refractivity contribution in [2.24, 2.45) is 0 Å². The molecule has 0 aliphatic carbocycles. The molecule has 2 aromatic rings. The van der Waals surface area contributed by atoms with Gasteiger partial charge in [-0.05, 0) is 43.2 Å². The third kappa shape index (κ3) is 5.41. The second-order valence-corrected chi connectivity index (χ2v) is 6.46. The van der Waals surface area contributed by atoms with E-state index in [0.717, 1.165) is 16.8 Å². The predicted octanol–water partition coefficient (Wildman–Crippen LogP) is 3.36. The molecule has 0 spiro atoms. The fraction of sp³-hybridized carbons (Fsp3) is 0.286. The summed E-state index contributed by atoms with van der Waals surface area (Å²) in [6.45, 7) is 5.53. The van der Waals surface area contributed by atoms with Crippen LogP contribution in [-0.4, -0.2) is 36.2 Å². The van der Waals surface area contributed by atoms with E-state index in [1.165, 1.54) is 4.90 Å². The second-order valence-electron chi connectivity index (χ2n) is 6.46. The maximum atomic E-state index is 12.6. The van der Waals surface area contributed by atoms with Crippen LogP contribution < -0.4 is 10.6 Å². The molecule has 2 rings (SSSR count). The smallest absolute Gasteiger partial charge is 0.254 e. The zero-order valence-corrected chi connectivity index (χ0v) is 16.1. The SMILES string of the molecule is CCC(=O)Nc1cccc(C(=O)N(C)CC(=O)Nc2c(C)cccc2C)c1. The average molecular weight is 367 g/mol. The van der Waals surface area contributed by atoms with Crippen LogP contribution in [0.3, 0.4) is 0 Å². The van der Waals surface area contributed by atoms with Crippen molar-refractivity contribution in [2.75, 3.05) is 24.2 Å². The van der Waals surface area contributed by atoms with E-state index in [2.05, 4.69) is 10.6 Å². The van der Waals surface area contributed by atoms with Crippen molar-refractivity contribution in [3.05, 3.63) is 59.2 Å². The van der Waals surface area contributed by atoms with Gasteiger partial charge in [0.25, 0.3) is 5.91 Å². The molecule has 2 N–H and O–H groups in total. The van der Waals surface area contributed by atoms with Crippen LogP contribution in [0, 0.1) is 13.8 Å². The molecule has 6 heteroatoms. The Hall–Kier alpha value is -3.15. The number of amides is 3. The van der Waals surface area contributed by atoms with Gasteiger partial charge in [-0.25, -0.2) is 0 Å². The van der Waals surface area contributed by atoms with Gasteiger partial charge in [-0.3, -0.25) is 14.4 Å². The van der Waals surface area contributed by atoms with E-state index in [1.807, 2.05) is 32.0 Å².